The van der Waals surface area contributed by atoms with E-state index in [1.807, 2.05) is 31.2 Å². The quantitative estimate of drug-likeness (QED) is 0.444. The Labute approximate surface area is 163 Å². The van der Waals surface area contributed by atoms with Crippen LogP contribution >= 0.6 is 22.6 Å². The topological polar surface area (TPSA) is 99.0 Å². The summed E-state index contributed by atoms with van der Waals surface area (Å²) in [5, 5.41) is 18.2. The second-order valence-corrected chi connectivity index (χ2v) is 6.81. The van der Waals surface area contributed by atoms with Crippen LogP contribution in [0.25, 0.3) is 22.7 Å². The summed E-state index contributed by atoms with van der Waals surface area (Å²) in [4.78, 5) is 18.2. The predicted octanol–water partition coefficient (Wildman–Crippen LogP) is 4.00. The van der Waals surface area contributed by atoms with Gasteiger partial charge >= 0.3 is 5.97 Å². The molecule has 26 heavy (non-hydrogen) atoms. The molecule has 130 valence electrons. The van der Waals surface area contributed by atoms with Crippen LogP contribution in [-0.4, -0.2) is 27.7 Å². The second-order valence-electron chi connectivity index (χ2n) is 5.65. The van der Waals surface area contributed by atoms with E-state index in [0.717, 1.165) is 25.7 Å². The lowest BCUT2D eigenvalue weighted by atomic mass is 10.1. The number of H-pyrrole nitrogens is 1. The molecule has 1 aromatic heterocycles. The minimum atomic E-state index is -1.03. The van der Waals surface area contributed by atoms with E-state index >= 15 is 0 Å². The fraction of sp³-hybridized carbons (Fsp3) is 0.105. The molecule has 0 bridgehead atoms. The Bertz CT molecular complexity index is 1060. The summed E-state index contributed by atoms with van der Waals surface area (Å²) in [6, 6.07) is 13.3. The van der Waals surface area contributed by atoms with Gasteiger partial charge in [0.25, 0.3) is 0 Å². The Morgan fingerprint density at radius 1 is 1.38 bits per heavy atom. The number of imidazole rings is 1. The van der Waals surface area contributed by atoms with Crippen LogP contribution in [0.4, 0.5) is 0 Å². The lowest BCUT2D eigenvalue weighted by Gasteiger charge is -2.06. The normalized spacial score (nSPS) is 11.3. The summed E-state index contributed by atoms with van der Waals surface area (Å²) in [5.41, 5.74) is 4.01. The molecular formula is C19H14IN3O3. The van der Waals surface area contributed by atoms with Gasteiger partial charge in [-0.1, -0.05) is 12.1 Å². The van der Waals surface area contributed by atoms with Crippen LogP contribution in [0.5, 0.6) is 5.75 Å². The van der Waals surface area contributed by atoms with Crippen molar-refractivity contribution < 1.29 is 14.6 Å². The van der Waals surface area contributed by atoms with Gasteiger partial charge in [0.05, 0.1) is 20.2 Å². The first-order valence-electron chi connectivity index (χ1n) is 7.69. The van der Waals surface area contributed by atoms with E-state index in [1.165, 1.54) is 0 Å². The molecule has 0 spiro atoms. The van der Waals surface area contributed by atoms with Crippen LogP contribution < -0.4 is 4.74 Å². The van der Waals surface area contributed by atoms with E-state index in [-0.39, 0.29) is 0 Å². The number of carbonyl (C=O) groups is 1. The van der Waals surface area contributed by atoms with Crippen LogP contribution in [0.2, 0.25) is 0 Å². The molecule has 6 nitrogen and oxygen atoms in total. The standard InChI is InChI=1S/C19H14IN3O3/c1-11-2-4-15-16(6-11)23-19(22-15)13(9-21)7-12-3-5-17(14(20)8-12)26-10-18(24)25/h2-8H,10H2,1H3,(H,22,23)(H,24,25). The number of allylic oxidation sites excluding steroid dienone is 1. The van der Waals surface area contributed by atoms with Crippen LogP contribution in [0.15, 0.2) is 36.4 Å². The Hall–Kier alpha value is -2.86. The summed E-state index contributed by atoms with van der Waals surface area (Å²) < 4.78 is 5.97. The van der Waals surface area contributed by atoms with Crippen molar-refractivity contribution in [3.8, 4) is 11.8 Å². The number of nitriles is 1. The van der Waals surface area contributed by atoms with Crippen LogP contribution in [0.1, 0.15) is 17.0 Å². The van der Waals surface area contributed by atoms with Crippen molar-refractivity contribution in [2.24, 2.45) is 0 Å². The van der Waals surface area contributed by atoms with Gasteiger partial charge in [0.15, 0.2) is 6.61 Å². The number of rotatable bonds is 5. The van der Waals surface area contributed by atoms with Gasteiger partial charge in [0.1, 0.15) is 17.6 Å². The maximum Gasteiger partial charge on any atom is 0.341 e. The van der Waals surface area contributed by atoms with E-state index in [2.05, 4.69) is 38.6 Å². The third-order valence-electron chi connectivity index (χ3n) is 3.63. The largest absolute Gasteiger partial charge is 0.481 e. The number of halogens is 1. The Kier molecular flexibility index (Phi) is 5.23. The van der Waals surface area contributed by atoms with Crippen molar-refractivity contribution in [3.05, 3.63) is 56.9 Å². The molecule has 2 aromatic carbocycles. The number of benzene rings is 2. The van der Waals surface area contributed by atoms with Crippen molar-refractivity contribution in [1.29, 1.82) is 5.26 Å². The molecule has 1 heterocycles. The molecule has 0 fully saturated rings. The zero-order chi connectivity index (χ0) is 18.7. The highest BCUT2D eigenvalue weighted by molar-refractivity contribution is 14.1. The summed E-state index contributed by atoms with van der Waals surface area (Å²) in [5.74, 6) is -0.0335. The molecule has 0 unspecified atom stereocenters. The van der Waals surface area contributed by atoms with Crippen molar-refractivity contribution in [1.82, 2.24) is 9.97 Å². The van der Waals surface area contributed by atoms with E-state index in [0.29, 0.717) is 17.1 Å². The van der Waals surface area contributed by atoms with E-state index in [1.54, 1.807) is 18.2 Å². The number of nitrogens with zero attached hydrogens (tertiary/aromatic N) is 2. The number of aromatic nitrogens is 2. The number of fused-ring (bicyclic) bond motifs is 1. The molecule has 0 radical (unpaired) electrons. The number of hydrogen-bond donors (Lipinski definition) is 2. The molecule has 0 saturated carbocycles. The van der Waals surface area contributed by atoms with Gasteiger partial charge in [-0.3, -0.25) is 0 Å². The minimum Gasteiger partial charge on any atom is -0.481 e. The number of aryl methyl sites for hydroxylation is 1. The number of nitrogens with one attached hydrogen (secondary N) is 1. The van der Waals surface area contributed by atoms with Crippen molar-refractivity contribution in [3.63, 3.8) is 0 Å². The molecule has 0 saturated heterocycles. The lowest BCUT2D eigenvalue weighted by molar-refractivity contribution is -0.139. The summed E-state index contributed by atoms with van der Waals surface area (Å²) in [6.07, 6.45) is 1.73. The number of hydrogen-bond acceptors (Lipinski definition) is 4. The first-order chi connectivity index (χ1) is 12.5. The second kappa shape index (κ2) is 7.58. The Morgan fingerprint density at radius 2 is 2.19 bits per heavy atom. The van der Waals surface area contributed by atoms with Gasteiger partial charge < -0.3 is 14.8 Å². The maximum absolute atomic E-state index is 10.6. The zero-order valence-electron chi connectivity index (χ0n) is 13.8. The van der Waals surface area contributed by atoms with Crippen LogP contribution in [-0.2, 0) is 4.79 Å². The highest BCUT2D eigenvalue weighted by Gasteiger charge is 2.09. The number of aliphatic carboxylic acids is 1. The SMILES string of the molecule is Cc1ccc2nc(C(C#N)=Cc3ccc(OCC(=O)O)c(I)c3)[nH]c2c1. The van der Waals surface area contributed by atoms with Crippen LogP contribution in [0.3, 0.4) is 0 Å². The number of carboxylic acid groups (broad SMARTS) is 1. The van der Waals surface area contributed by atoms with Gasteiger partial charge in [-0.15, -0.1) is 0 Å². The van der Waals surface area contributed by atoms with Gasteiger partial charge in [-0.2, -0.15) is 5.26 Å². The fourth-order valence-corrected chi connectivity index (χ4v) is 3.13. The molecular weight excluding hydrogens is 445 g/mol. The lowest BCUT2D eigenvalue weighted by Crippen LogP contribution is -2.10. The van der Waals surface area contributed by atoms with Gasteiger partial charge in [0, 0.05) is 0 Å². The molecule has 2 N–H and O–H groups in total. The summed E-state index contributed by atoms with van der Waals surface area (Å²) in [6.45, 7) is 1.60. The summed E-state index contributed by atoms with van der Waals surface area (Å²) in [7, 11) is 0. The molecule has 3 aromatic rings. The molecule has 3 rings (SSSR count). The van der Waals surface area contributed by atoms with Crippen LogP contribution in [0, 0.1) is 21.8 Å². The van der Waals surface area contributed by atoms with Crippen molar-refractivity contribution in [2.45, 2.75) is 6.92 Å². The number of aromatic amines is 1. The first kappa shape index (κ1) is 17.9. The third-order valence-corrected chi connectivity index (χ3v) is 4.47. The monoisotopic (exact) mass is 459 g/mol. The summed E-state index contributed by atoms with van der Waals surface area (Å²) >= 11 is 2.07. The van der Waals surface area contributed by atoms with E-state index < -0.39 is 12.6 Å². The highest BCUT2D eigenvalue weighted by Crippen LogP contribution is 2.25. The molecule has 0 aliphatic rings. The first-order valence-corrected chi connectivity index (χ1v) is 8.77. The fourth-order valence-electron chi connectivity index (χ4n) is 2.43. The molecule has 0 atom stereocenters. The average Bonchev–Trinajstić information content (AvgIpc) is 3.01. The number of carboxylic acids is 1. The highest BCUT2D eigenvalue weighted by atomic mass is 127. The predicted molar refractivity (Wildman–Crippen MR) is 107 cm³/mol. The molecule has 7 heteroatoms. The Balaban J connectivity index is 1.92. The minimum absolute atomic E-state index is 0.396. The smallest absolute Gasteiger partial charge is 0.341 e. The molecule has 0 amide bonds. The maximum atomic E-state index is 10.6. The van der Waals surface area contributed by atoms with Gasteiger partial charge in [-0.25, -0.2) is 9.78 Å². The van der Waals surface area contributed by atoms with Gasteiger partial charge in [0.2, 0.25) is 0 Å². The number of ether oxygens (including phenoxy) is 1. The zero-order valence-corrected chi connectivity index (χ0v) is 15.9. The molecule has 0 aliphatic heterocycles. The average molecular weight is 459 g/mol. The molecule has 0 aliphatic carbocycles. The van der Waals surface area contributed by atoms with Crippen molar-refractivity contribution >= 4 is 51.2 Å². The van der Waals surface area contributed by atoms with Gasteiger partial charge in [-0.05, 0) is 71.0 Å². The van der Waals surface area contributed by atoms with Crippen molar-refractivity contribution in [2.75, 3.05) is 6.61 Å². The third kappa shape index (κ3) is 4.03. The van der Waals surface area contributed by atoms with E-state index in [4.69, 9.17) is 9.84 Å². The van der Waals surface area contributed by atoms with E-state index in [9.17, 15) is 10.1 Å². The Morgan fingerprint density at radius 3 is 2.88 bits per heavy atom.